The van der Waals surface area contributed by atoms with Crippen molar-refractivity contribution < 1.29 is 4.74 Å². The molecule has 0 bridgehead atoms. The summed E-state index contributed by atoms with van der Waals surface area (Å²) >= 11 is 0. The highest BCUT2D eigenvalue weighted by Gasteiger charge is 1.98. The predicted octanol–water partition coefficient (Wildman–Crippen LogP) is 3.40. The zero-order valence-electron chi connectivity index (χ0n) is 12.2. The molecule has 1 aromatic rings. The molecule has 0 atom stereocenters. The van der Waals surface area contributed by atoms with E-state index >= 15 is 0 Å². The van der Waals surface area contributed by atoms with Crippen molar-refractivity contribution in [2.45, 2.75) is 46.8 Å². The Hall–Kier alpha value is -0.860. The van der Waals surface area contributed by atoms with Gasteiger partial charge in [0.1, 0.15) is 0 Å². The van der Waals surface area contributed by atoms with Gasteiger partial charge in [0, 0.05) is 12.6 Å². The van der Waals surface area contributed by atoms with E-state index in [0.29, 0.717) is 12.0 Å². The van der Waals surface area contributed by atoms with Crippen molar-refractivity contribution in [2.75, 3.05) is 13.2 Å². The molecule has 18 heavy (non-hydrogen) atoms. The van der Waals surface area contributed by atoms with Crippen LogP contribution in [0, 0.1) is 5.92 Å². The van der Waals surface area contributed by atoms with E-state index < -0.39 is 0 Å². The molecule has 0 unspecified atom stereocenters. The Labute approximate surface area is 112 Å². The van der Waals surface area contributed by atoms with Crippen molar-refractivity contribution in [3.63, 3.8) is 0 Å². The Balaban J connectivity index is 2.28. The Morgan fingerprint density at radius 3 is 2.17 bits per heavy atom. The van der Waals surface area contributed by atoms with E-state index in [1.54, 1.807) is 0 Å². The highest BCUT2D eigenvalue weighted by Crippen LogP contribution is 2.07. The van der Waals surface area contributed by atoms with E-state index in [1.165, 1.54) is 11.1 Å². The first kappa shape index (κ1) is 15.2. The molecule has 0 radical (unpaired) electrons. The number of ether oxygens (including phenoxy) is 1. The first-order valence-electron chi connectivity index (χ1n) is 6.97. The van der Waals surface area contributed by atoms with Crippen LogP contribution in [0.1, 0.15) is 38.8 Å². The third-order valence-corrected chi connectivity index (χ3v) is 2.71. The van der Waals surface area contributed by atoms with Gasteiger partial charge in [0.25, 0.3) is 0 Å². The lowest BCUT2D eigenvalue weighted by atomic mass is 10.1. The second-order valence-corrected chi connectivity index (χ2v) is 5.58. The summed E-state index contributed by atoms with van der Waals surface area (Å²) in [5, 5.41) is 3.43. The molecule has 0 aliphatic heterocycles. The maximum atomic E-state index is 5.62. The molecule has 0 spiro atoms. The van der Waals surface area contributed by atoms with Gasteiger partial charge in [-0.05, 0) is 30.0 Å². The lowest BCUT2D eigenvalue weighted by Crippen LogP contribution is -2.24. The van der Waals surface area contributed by atoms with Gasteiger partial charge in [-0.3, -0.25) is 0 Å². The fourth-order valence-corrected chi connectivity index (χ4v) is 1.72. The van der Waals surface area contributed by atoms with E-state index in [-0.39, 0.29) is 0 Å². The highest BCUT2D eigenvalue weighted by molar-refractivity contribution is 5.22. The normalized spacial score (nSPS) is 11.4. The molecule has 0 aliphatic rings. The molecular weight excluding hydrogens is 222 g/mol. The van der Waals surface area contributed by atoms with Crippen molar-refractivity contribution in [1.82, 2.24) is 5.32 Å². The molecule has 1 N–H and O–H groups in total. The van der Waals surface area contributed by atoms with Crippen molar-refractivity contribution >= 4 is 0 Å². The van der Waals surface area contributed by atoms with E-state index in [0.717, 1.165) is 26.2 Å². The van der Waals surface area contributed by atoms with Crippen molar-refractivity contribution in [3.05, 3.63) is 35.4 Å². The Morgan fingerprint density at radius 1 is 1.00 bits per heavy atom. The fourth-order valence-electron chi connectivity index (χ4n) is 1.72. The van der Waals surface area contributed by atoms with Crippen LogP contribution < -0.4 is 5.32 Å². The molecule has 102 valence electrons. The van der Waals surface area contributed by atoms with Gasteiger partial charge < -0.3 is 10.1 Å². The van der Waals surface area contributed by atoms with Crippen LogP contribution in [0.5, 0.6) is 0 Å². The molecule has 0 fully saturated rings. The number of rotatable bonds is 8. The first-order valence-corrected chi connectivity index (χ1v) is 6.97. The number of nitrogens with one attached hydrogen (secondary N) is 1. The third-order valence-electron chi connectivity index (χ3n) is 2.71. The summed E-state index contributed by atoms with van der Waals surface area (Å²) < 4.78 is 5.62. The van der Waals surface area contributed by atoms with Gasteiger partial charge in [-0.15, -0.1) is 0 Å². The molecule has 2 heteroatoms. The maximum Gasteiger partial charge on any atom is 0.0717 e. The smallest absolute Gasteiger partial charge is 0.0717 e. The summed E-state index contributed by atoms with van der Waals surface area (Å²) in [6, 6.07) is 9.32. The van der Waals surface area contributed by atoms with Crippen LogP contribution >= 0.6 is 0 Å². The van der Waals surface area contributed by atoms with Gasteiger partial charge in [0.2, 0.25) is 0 Å². The van der Waals surface area contributed by atoms with Crippen LogP contribution in [0.3, 0.4) is 0 Å². The van der Waals surface area contributed by atoms with Crippen LogP contribution in [-0.4, -0.2) is 19.2 Å². The zero-order chi connectivity index (χ0) is 13.4. The average Bonchev–Trinajstić information content (AvgIpc) is 2.30. The SMILES string of the molecule is CC(C)COCc1ccc(CCNC(C)C)cc1. The quantitative estimate of drug-likeness (QED) is 0.762. The zero-order valence-corrected chi connectivity index (χ0v) is 12.2. The third kappa shape index (κ3) is 6.77. The minimum Gasteiger partial charge on any atom is -0.377 e. The maximum absolute atomic E-state index is 5.62. The molecule has 0 aromatic heterocycles. The minimum absolute atomic E-state index is 0.564. The summed E-state index contributed by atoms with van der Waals surface area (Å²) in [7, 11) is 0. The summed E-state index contributed by atoms with van der Waals surface area (Å²) in [5.74, 6) is 0.603. The largest absolute Gasteiger partial charge is 0.377 e. The second kappa shape index (κ2) is 8.28. The second-order valence-electron chi connectivity index (χ2n) is 5.58. The average molecular weight is 249 g/mol. The molecule has 0 amide bonds. The highest BCUT2D eigenvalue weighted by atomic mass is 16.5. The van der Waals surface area contributed by atoms with E-state index in [2.05, 4.69) is 57.3 Å². The summed E-state index contributed by atoms with van der Waals surface area (Å²) in [6.07, 6.45) is 1.09. The number of hydrogen-bond donors (Lipinski definition) is 1. The standard InChI is InChI=1S/C16H27NO/c1-13(2)11-18-12-16-7-5-15(6-8-16)9-10-17-14(3)4/h5-8,13-14,17H,9-12H2,1-4H3. The molecule has 0 heterocycles. The molecule has 2 nitrogen and oxygen atoms in total. The van der Waals surface area contributed by atoms with Gasteiger partial charge in [0.15, 0.2) is 0 Å². The summed E-state index contributed by atoms with van der Waals surface area (Å²) in [6.45, 7) is 11.3. The van der Waals surface area contributed by atoms with E-state index in [4.69, 9.17) is 4.74 Å². The molecule has 0 aliphatic carbocycles. The lowest BCUT2D eigenvalue weighted by molar-refractivity contribution is 0.0971. The van der Waals surface area contributed by atoms with Crippen LogP contribution in [0.2, 0.25) is 0 Å². The van der Waals surface area contributed by atoms with Crippen LogP contribution in [0.25, 0.3) is 0 Å². The number of hydrogen-bond acceptors (Lipinski definition) is 2. The van der Waals surface area contributed by atoms with Crippen LogP contribution in [0.4, 0.5) is 0 Å². The van der Waals surface area contributed by atoms with E-state index in [9.17, 15) is 0 Å². The fraction of sp³-hybridized carbons (Fsp3) is 0.625. The van der Waals surface area contributed by atoms with Gasteiger partial charge in [-0.2, -0.15) is 0 Å². The first-order chi connectivity index (χ1) is 8.58. The Morgan fingerprint density at radius 2 is 1.61 bits per heavy atom. The number of benzene rings is 1. The van der Waals surface area contributed by atoms with Crippen LogP contribution in [0.15, 0.2) is 24.3 Å². The van der Waals surface area contributed by atoms with Crippen LogP contribution in [-0.2, 0) is 17.8 Å². The van der Waals surface area contributed by atoms with Crippen molar-refractivity contribution in [2.24, 2.45) is 5.92 Å². The predicted molar refractivity (Wildman–Crippen MR) is 77.8 cm³/mol. The molecule has 0 saturated carbocycles. The Kier molecular flexibility index (Phi) is 6.99. The van der Waals surface area contributed by atoms with Crippen molar-refractivity contribution in [1.29, 1.82) is 0 Å². The van der Waals surface area contributed by atoms with Gasteiger partial charge in [-0.25, -0.2) is 0 Å². The van der Waals surface area contributed by atoms with Gasteiger partial charge in [0.05, 0.1) is 6.61 Å². The lowest BCUT2D eigenvalue weighted by Gasteiger charge is -2.09. The topological polar surface area (TPSA) is 21.3 Å². The Bertz CT molecular complexity index is 283. The molecule has 1 aromatic carbocycles. The molecule has 0 saturated heterocycles. The van der Waals surface area contributed by atoms with Crippen molar-refractivity contribution in [3.8, 4) is 0 Å². The monoisotopic (exact) mass is 249 g/mol. The molecular formula is C16H27NO. The molecule has 1 rings (SSSR count). The summed E-state index contributed by atoms with van der Waals surface area (Å²) in [5.41, 5.74) is 2.65. The van der Waals surface area contributed by atoms with Gasteiger partial charge >= 0.3 is 0 Å². The van der Waals surface area contributed by atoms with Gasteiger partial charge in [-0.1, -0.05) is 52.0 Å². The minimum atomic E-state index is 0.564. The van der Waals surface area contributed by atoms with E-state index in [1.807, 2.05) is 0 Å². The summed E-state index contributed by atoms with van der Waals surface area (Å²) in [4.78, 5) is 0.